The second kappa shape index (κ2) is 5.77. The average Bonchev–Trinajstić information content (AvgIpc) is 2.67. The van der Waals surface area contributed by atoms with Gasteiger partial charge in [0.25, 0.3) is 0 Å². The molecule has 0 bridgehead atoms. The largest absolute Gasteiger partial charge is 0.0839 e. The van der Waals surface area contributed by atoms with Crippen molar-refractivity contribution >= 4 is 11.1 Å². The summed E-state index contributed by atoms with van der Waals surface area (Å²) < 4.78 is 0. The van der Waals surface area contributed by atoms with Crippen LogP contribution in [0.3, 0.4) is 0 Å². The van der Waals surface area contributed by atoms with Gasteiger partial charge in [0.1, 0.15) is 0 Å². The maximum Gasteiger partial charge on any atom is 0.00585 e. The summed E-state index contributed by atoms with van der Waals surface area (Å²) in [5.41, 5.74) is 11.2. The Morgan fingerprint density at radius 2 is 1.71 bits per heavy atom. The minimum atomic E-state index is 0.572. The normalized spacial score (nSPS) is 24.3. The zero-order valence-electron chi connectivity index (χ0n) is 14.2. The van der Waals surface area contributed by atoms with Crippen molar-refractivity contribution in [3.05, 3.63) is 82.5 Å². The number of fused-ring (bicyclic) bond motifs is 4. The summed E-state index contributed by atoms with van der Waals surface area (Å²) >= 11 is 0. The number of allylic oxidation sites excluding steroid dienone is 10. The fourth-order valence-electron chi connectivity index (χ4n) is 4.98. The van der Waals surface area contributed by atoms with E-state index in [9.17, 15) is 0 Å². The molecule has 0 saturated heterocycles. The smallest absolute Gasteiger partial charge is 0.00585 e. The summed E-state index contributed by atoms with van der Waals surface area (Å²) in [5.74, 6) is 0.572. The second-order valence-corrected chi connectivity index (χ2v) is 7.42. The third-order valence-electron chi connectivity index (χ3n) is 6.12. The van der Waals surface area contributed by atoms with Gasteiger partial charge in [-0.3, -0.25) is 0 Å². The molecule has 4 aliphatic rings. The lowest BCUT2D eigenvalue weighted by atomic mass is 9.74. The fourth-order valence-corrected chi connectivity index (χ4v) is 4.98. The number of hydrogen-bond donors (Lipinski definition) is 0. The summed E-state index contributed by atoms with van der Waals surface area (Å²) in [6.07, 6.45) is 24.8. The van der Waals surface area contributed by atoms with Crippen molar-refractivity contribution in [3.63, 3.8) is 0 Å². The molecular weight excluding hydrogens is 288 g/mol. The van der Waals surface area contributed by atoms with Crippen molar-refractivity contribution < 1.29 is 0 Å². The van der Waals surface area contributed by atoms with Crippen molar-refractivity contribution in [1.29, 1.82) is 0 Å². The van der Waals surface area contributed by atoms with E-state index in [0.29, 0.717) is 5.92 Å². The quantitative estimate of drug-likeness (QED) is 0.579. The standard InChI is InChI=1S/C24H24/c1-2-7-17(8-3-1)20-11-6-12-21-22(20)15-16-23-19-10-5-4-9-18(19)13-14-24(21)23/h1-4,7,9,11,15-17H,5-6,8,10,12-14H2. The first-order valence-corrected chi connectivity index (χ1v) is 9.49. The van der Waals surface area contributed by atoms with E-state index in [0.717, 1.165) is 6.42 Å². The Balaban J connectivity index is 1.61. The maximum absolute atomic E-state index is 2.50. The highest BCUT2D eigenvalue weighted by Crippen LogP contribution is 2.43. The van der Waals surface area contributed by atoms with Crippen LogP contribution in [-0.2, 0) is 12.8 Å². The number of hydrogen-bond acceptors (Lipinski definition) is 0. The minimum absolute atomic E-state index is 0.572. The molecule has 1 aromatic rings. The van der Waals surface area contributed by atoms with Gasteiger partial charge in [-0.15, -0.1) is 0 Å². The van der Waals surface area contributed by atoms with E-state index in [1.807, 2.05) is 0 Å². The summed E-state index contributed by atoms with van der Waals surface area (Å²) in [6, 6.07) is 4.86. The summed E-state index contributed by atoms with van der Waals surface area (Å²) in [7, 11) is 0. The minimum Gasteiger partial charge on any atom is -0.0839 e. The first kappa shape index (κ1) is 14.3. The Morgan fingerprint density at radius 1 is 0.792 bits per heavy atom. The van der Waals surface area contributed by atoms with E-state index < -0.39 is 0 Å². The van der Waals surface area contributed by atoms with Crippen molar-refractivity contribution in [1.82, 2.24) is 0 Å². The van der Waals surface area contributed by atoms with Crippen LogP contribution in [0.25, 0.3) is 11.1 Å². The Labute approximate surface area is 145 Å². The van der Waals surface area contributed by atoms with E-state index in [-0.39, 0.29) is 0 Å². The Kier molecular flexibility index (Phi) is 3.43. The first-order chi connectivity index (χ1) is 11.9. The maximum atomic E-state index is 2.50. The van der Waals surface area contributed by atoms with Gasteiger partial charge in [-0.25, -0.2) is 0 Å². The van der Waals surface area contributed by atoms with E-state index in [1.165, 1.54) is 38.5 Å². The van der Waals surface area contributed by atoms with Gasteiger partial charge in [0.05, 0.1) is 0 Å². The van der Waals surface area contributed by atoms with Crippen LogP contribution >= 0.6 is 0 Å². The summed E-state index contributed by atoms with van der Waals surface area (Å²) in [6.45, 7) is 0. The van der Waals surface area contributed by atoms with Crippen LogP contribution in [0.5, 0.6) is 0 Å². The number of benzene rings is 1. The molecule has 0 radical (unpaired) electrons. The molecule has 0 fully saturated rings. The highest BCUT2D eigenvalue weighted by molar-refractivity contribution is 5.82. The van der Waals surface area contributed by atoms with Crippen LogP contribution in [0, 0.1) is 5.92 Å². The van der Waals surface area contributed by atoms with Crippen LogP contribution in [0.2, 0.25) is 0 Å². The lowest BCUT2D eigenvalue weighted by molar-refractivity contribution is 0.808. The Morgan fingerprint density at radius 3 is 2.62 bits per heavy atom. The molecule has 0 spiro atoms. The topological polar surface area (TPSA) is 0 Å². The summed E-state index contributed by atoms with van der Waals surface area (Å²) in [4.78, 5) is 0. The van der Waals surface area contributed by atoms with Gasteiger partial charge in [-0.1, -0.05) is 54.7 Å². The zero-order valence-corrected chi connectivity index (χ0v) is 14.2. The highest BCUT2D eigenvalue weighted by Gasteiger charge is 2.26. The molecule has 1 unspecified atom stereocenters. The average molecular weight is 312 g/mol. The van der Waals surface area contributed by atoms with E-state index in [4.69, 9.17) is 0 Å². The monoisotopic (exact) mass is 312 g/mol. The third-order valence-corrected chi connectivity index (χ3v) is 6.12. The van der Waals surface area contributed by atoms with Gasteiger partial charge >= 0.3 is 0 Å². The number of rotatable bonds is 1. The van der Waals surface area contributed by atoms with Gasteiger partial charge < -0.3 is 0 Å². The van der Waals surface area contributed by atoms with Gasteiger partial charge in [0, 0.05) is 5.92 Å². The van der Waals surface area contributed by atoms with Crippen molar-refractivity contribution in [2.45, 2.75) is 44.9 Å². The lowest BCUT2D eigenvalue weighted by Gasteiger charge is -2.31. The molecule has 4 aliphatic carbocycles. The molecule has 5 rings (SSSR count). The van der Waals surface area contributed by atoms with Crippen molar-refractivity contribution in [3.8, 4) is 0 Å². The highest BCUT2D eigenvalue weighted by atomic mass is 14.3. The van der Waals surface area contributed by atoms with Crippen LogP contribution < -0.4 is 0 Å². The second-order valence-electron chi connectivity index (χ2n) is 7.42. The van der Waals surface area contributed by atoms with E-state index >= 15 is 0 Å². The molecule has 0 heteroatoms. The van der Waals surface area contributed by atoms with Gasteiger partial charge in [0.2, 0.25) is 0 Å². The van der Waals surface area contributed by atoms with Crippen LogP contribution in [0.15, 0.2) is 60.2 Å². The molecule has 0 nitrogen and oxygen atoms in total. The molecule has 0 amide bonds. The summed E-state index contributed by atoms with van der Waals surface area (Å²) in [5, 5.41) is 0. The van der Waals surface area contributed by atoms with Gasteiger partial charge in [0.15, 0.2) is 0 Å². The van der Waals surface area contributed by atoms with Gasteiger partial charge in [-0.2, -0.15) is 0 Å². The molecule has 0 aromatic heterocycles. The van der Waals surface area contributed by atoms with Crippen molar-refractivity contribution in [2.24, 2.45) is 5.92 Å². The Bertz CT molecular complexity index is 839. The van der Waals surface area contributed by atoms with Crippen molar-refractivity contribution in [2.75, 3.05) is 0 Å². The Hall–Kier alpha value is -2.08. The van der Waals surface area contributed by atoms with Crippen LogP contribution in [-0.4, -0.2) is 0 Å². The lowest BCUT2D eigenvalue weighted by Crippen LogP contribution is -2.15. The molecule has 0 N–H and O–H groups in total. The van der Waals surface area contributed by atoms with Crippen LogP contribution in [0.4, 0.5) is 0 Å². The molecular formula is C24H24. The molecule has 1 atom stereocenters. The first-order valence-electron chi connectivity index (χ1n) is 9.49. The molecule has 120 valence electrons. The van der Waals surface area contributed by atoms with E-state index in [1.54, 1.807) is 39.0 Å². The van der Waals surface area contributed by atoms with Gasteiger partial charge in [-0.05, 0) is 83.9 Å². The SMILES string of the molecule is C1=CCC(C2=CCCc3c2ccc2c3CCC3=C2CCC=C3)C=C1. The third kappa shape index (κ3) is 2.20. The van der Waals surface area contributed by atoms with Crippen LogP contribution in [0.1, 0.15) is 54.4 Å². The molecule has 0 aliphatic heterocycles. The molecule has 0 saturated carbocycles. The molecule has 1 aromatic carbocycles. The zero-order chi connectivity index (χ0) is 15.9. The van der Waals surface area contributed by atoms with E-state index in [2.05, 4.69) is 54.7 Å². The fraction of sp³-hybridized carbons (Fsp3) is 0.333. The predicted molar refractivity (Wildman–Crippen MR) is 103 cm³/mol. The molecule has 0 heterocycles. The predicted octanol–water partition coefficient (Wildman–Crippen LogP) is 6.20. The molecule has 24 heavy (non-hydrogen) atoms.